The van der Waals surface area contributed by atoms with Crippen LogP contribution in [0.25, 0.3) is 32.9 Å². The predicted octanol–water partition coefficient (Wildman–Crippen LogP) is 0.0775. The van der Waals surface area contributed by atoms with E-state index in [9.17, 15) is 28.0 Å². The molecule has 0 spiro atoms. The first-order valence-electron chi connectivity index (χ1n) is 8.10. The molecule has 1 heterocycles. The van der Waals surface area contributed by atoms with Gasteiger partial charge in [0, 0.05) is 5.39 Å². The molecular weight excluding hydrogens is 405 g/mol. The second-order valence-corrected chi connectivity index (χ2v) is 7.60. The molecule has 0 bridgehead atoms. The Labute approximate surface area is 187 Å². The van der Waals surface area contributed by atoms with Crippen molar-refractivity contribution >= 4 is 37.8 Å². The fourth-order valence-corrected chi connectivity index (χ4v) is 3.70. The third-order valence-electron chi connectivity index (χ3n) is 4.45. The number of carbonyl (C=O) groups is 1. The summed E-state index contributed by atoms with van der Waals surface area (Å²) < 4.78 is 32.0. The number of benzene rings is 3. The van der Waals surface area contributed by atoms with Gasteiger partial charge in [-0.1, -0.05) is 42.1 Å². The Bertz CT molecular complexity index is 1380. The Kier molecular flexibility index (Phi) is 5.66. The van der Waals surface area contributed by atoms with E-state index in [1.807, 2.05) is 0 Å². The second-order valence-electron chi connectivity index (χ2n) is 6.17. The summed E-state index contributed by atoms with van der Waals surface area (Å²) in [4.78, 5) is 16.1. The first-order valence-corrected chi connectivity index (χ1v) is 9.54. The van der Waals surface area contributed by atoms with Gasteiger partial charge in [0.2, 0.25) is 0 Å². The topological polar surface area (TPSA) is 128 Å². The van der Waals surface area contributed by atoms with Gasteiger partial charge in [-0.2, -0.15) is 8.42 Å². The minimum atomic E-state index is -4.39. The normalized spacial score (nSPS) is 11.3. The van der Waals surface area contributed by atoms with Gasteiger partial charge in [0.05, 0.1) is 21.7 Å². The van der Waals surface area contributed by atoms with Crippen LogP contribution < -0.4 is 34.7 Å². The van der Waals surface area contributed by atoms with Crippen molar-refractivity contribution in [2.45, 2.75) is 4.90 Å². The number of pyridine rings is 1. The summed E-state index contributed by atoms with van der Waals surface area (Å²) in [6.07, 6.45) is 0. The first kappa shape index (κ1) is 21.2. The first-order chi connectivity index (χ1) is 13.3. The van der Waals surface area contributed by atoms with Crippen molar-refractivity contribution in [3.05, 3.63) is 66.2 Å². The van der Waals surface area contributed by atoms with E-state index in [4.69, 9.17) is 0 Å². The zero-order valence-corrected chi connectivity index (χ0v) is 18.0. The van der Waals surface area contributed by atoms with Crippen molar-refractivity contribution in [1.29, 1.82) is 0 Å². The van der Waals surface area contributed by atoms with Crippen molar-refractivity contribution in [3.8, 4) is 17.0 Å². The van der Waals surface area contributed by atoms with E-state index in [2.05, 4.69) is 4.98 Å². The molecular formula is C20H12NNaO6S. The fourth-order valence-electron chi connectivity index (χ4n) is 3.19. The molecule has 9 heteroatoms. The molecule has 0 radical (unpaired) electrons. The summed E-state index contributed by atoms with van der Waals surface area (Å²) in [5, 5.41) is 23.1. The maximum absolute atomic E-state index is 12.1. The van der Waals surface area contributed by atoms with Crippen LogP contribution in [0.2, 0.25) is 0 Å². The van der Waals surface area contributed by atoms with Crippen LogP contribution in [0, 0.1) is 0 Å². The van der Waals surface area contributed by atoms with Crippen molar-refractivity contribution in [2.75, 3.05) is 0 Å². The van der Waals surface area contributed by atoms with Crippen molar-refractivity contribution in [3.63, 3.8) is 0 Å². The van der Waals surface area contributed by atoms with Crippen LogP contribution >= 0.6 is 0 Å². The van der Waals surface area contributed by atoms with Crippen LogP contribution in [0.3, 0.4) is 0 Å². The minimum Gasteiger partial charge on any atom is -0.872 e. The van der Waals surface area contributed by atoms with Gasteiger partial charge in [-0.05, 0) is 40.6 Å². The number of nitrogens with zero attached hydrogens (tertiary/aromatic N) is 1. The molecule has 4 rings (SSSR count). The van der Waals surface area contributed by atoms with Crippen molar-refractivity contribution in [1.82, 2.24) is 4.98 Å². The summed E-state index contributed by atoms with van der Waals surface area (Å²) in [7, 11) is -4.39. The number of carboxylic acids is 1. The van der Waals surface area contributed by atoms with Gasteiger partial charge >= 0.3 is 35.5 Å². The second kappa shape index (κ2) is 7.74. The summed E-state index contributed by atoms with van der Waals surface area (Å²) in [6, 6.07) is 14.5. The van der Waals surface area contributed by atoms with Crippen LogP contribution in [0.1, 0.15) is 10.4 Å². The molecule has 1 aromatic heterocycles. The summed E-state index contributed by atoms with van der Waals surface area (Å²) >= 11 is 0. The zero-order chi connectivity index (χ0) is 20.1. The Morgan fingerprint density at radius 2 is 1.72 bits per heavy atom. The van der Waals surface area contributed by atoms with E-state index in [0.29, 0.717) is 21.7 Å². The fraction of sp³-hybridized carbons (Fsp3) is 0. The molecule has 2 N–H and O–H groups in total. The molecule has 29 heavy (non-hydrogen) atoms. The summed E-state index contributed by atoms with van der Waals surface area (Å²) in [5.74, 6) is -1.48. The van der Waals surface area contributed by atoms with E-state index in [-0.39, 0.29) is 57.0 Å². The van der Waals surface area contributed by atoms with Crippen molar-refractivity contribution in [2.24, 2.45) is 0 Å². The molecule has 7 nitrogen and oxygen atoms in total. The zero-order valence-electron chi connectivity index (χ0n) is 15.2. The molecule has 0 atom stereocenters. The van der Waals surface area contributed by atoms with Crippen LogP contribution in [0.5, 0.6) is 5.75 Å². The average Bonchev–Trinajstić information content (AvgIpc) is 2.66. The Balaban J connectivity index is 0.00000240. The number of rotatable bonds is 3. The van der Waals surface area contributed by atoms with Gasteiger partial charge in [-0.3, -0.25) is 4.55 Å². The number of aromatic carboxylic acids is 1. The maximum atomic E-state index is 12.1. The Morgan fingerprint density at radius 1 is 1.00 bits per heavy atom. The molecule has 0 aliphatic heterocycles. The SMILES string of the molecule is O=C(O)c1cc(-c2ccccc2[O-])nc2ccc3cc(S(=O)(=O)O)ccc3c12.[Na+]. The Morgan fingerprint density at radius 3 is 2.38 bits per heavy atom. The predicted molar refractivity (Wildman–Crippen MR) is 101 cm³/mol. The molecule has 3 aromatic carbocycles. The molecule has 0 aliphatic carbocycles. The van der Waals surface area contributed by atoms with Gasteiger partial charge in [0.1, 0.15) is 0 Å². The maximum Gasteiger partial charge on any atom is 1.00 e. The minimum absolute atomic E-state index is 0. The van der Waals surface area contributed by atoms with Crippen LogP contribution in [-0.4, -0.2) is 29.0 Å². The number of hydrogen-bond donors (Lipinski definition) is 2. The van der Waals surface area contributed by atoms with E-state index >= 15 is 0 Å². The molecule has 0 unspecified atom stereocenters. The number of carboxylic acid groups (broad SMARTS) is 1. The molecule has 0 saturated carbocycles. The molecule has 140 valence electrons. The van der Waals surface area contributed by atoms with Crippen LogP contribution in [0.4, 0.5) is 0 Å². The van der Waals surface area contributed by atoms with Gasteiger partial charge < -0.3 is 10.2 Å². The molecule has 0 saturated heterocycles. The van der Waals surface area contributed by atoms with E-state index < -0.39 is 16.1 Å². The van der Waals surface area contributed by atoms with Gasteiger partial charge in [-0.15, -0.1) is 0 Å². The largest absolute Gasteiger partial charge is 1.00 e. The van der Waals surface area contributed by atoms with Gasteiger partial charge in [0.25, 0.3) is 10.1 Å². The van der Waals surface area contributed by atoms with E-state index in [0.717, 1.165) is 0 Å². The van der Waals surface area contributed by atoms with Gasteiger partial charge in [0.15, 0.2) is 0 Å². The molecule has 0 amide bonds. The number of hydrogen-bond acceptors (Lipinski definition) is 5. The van der Waals surface area contributed by atoms with E-state index in [1.54, 1.807) is 30.3 Å². The smallest absolute Gasteiger partial charge is 0.872 e. The molecule has 4 aromatic rings. The number of fused-ring (bicyclic) bond motifs is 3. The number of aromatic nitrogens is 1. The summed E-state index contributed by atoms with van der Waals surface area (Å²) in [5.41, 5.74) is 0.817. The van der Waals surface area contributed by atoms with Crippen LogP contribution in [-0.2, 0) is 10.1 Å². The van der Waals surface area contributed by atoms with Crippen molar-refractivity contribution < 1.29 is 57.5 Å². The standard InChI is InChI=1S/C20H13NO6S.Na/c22-18-4-2-1-3-14(18)17-10-15(20(23)24)19-13-7-6-12(28(25,26)27)9-11(13)5-8-16(19)21-17;/h1-10,22H,(H,23,24)(H,25,26,27);/q;+1/p-1. The third-order valence-corrected chi connectivity index (χ3v) is 5.30. The number of para-hydroxylation sites is 1. The Hall–Kier alpha value is -2.49. The average molecular weight is 417 g/mol. The molecule has 0 aliphatic rings. The quantitative estimate of drug-likeness (QED) is 0.274. The van der Waals surface area contributed by atoms with E-state index in [1.165, 1.54) is 30.3 Å². The van der Waals surface area contributed by atoms with Crippen LogP contribution in [0.15, 0.2) is 65.6 Å². The van der Waals surface area contributed by atoms with Gasteiger partial charge in [-0.25, -0.2) is 9.78 Å². The summed E-state index contributed by atoms with van der Waals surface area (Å²) in [6.45, 7) is 0. The third kappa shape index (κ3) is 3.85. The monoisotopic (exact) mass is 417 g/mol. The molecule has 0 fully saturated rings.